The first-order chi connectivity index (χ1) is 13.0. The molecule has 0 unspecified atom stereocenters. The van der Waals surface area contributed by atoms with Crippen LogP contribution in [0.5, 0.6) is 5.75 Å². The Morgan fingerprint density at radius 3 is 2.41 bits per heavy atom. The van der Waals surface area contributed by atoms with Crippen molar-refractivity contribution in [1.29, 1.82) is 0 Å². The molecule has 1 saturated heterocycles. The predicted octanol–water partition coefficient (Wildman–Crippen LogP) is 1.04. The second-order valence-corrected chi connectivity index (χ2v) is 6.20. The van der Waals surface area contributed by atoms with E-state index in [0.29, 0.717) is 37.8 Å². The number of aromatic hydroxyl groups is 1. The molecule has 0 saturated carbocycles. The number of amides is 3. The monoisotopic (exact) mass is 370 g/mol. The molecule has 3 N–H and O–H groups in total. The number of carbonyl (C=O) groups excluding carboxylic acids is 2. The number of urea groups is 1. The van der Waals surface area contributed by atoms with Gasteiger partial charge in [0, 0.05) is 38.6 Å². The van der Waals surface area contributed by atoms with Gasteiger partial charge in [-0.25, -0.2) is 14.8 Å². The van der Waals surface area contributed by atoms with E-state index in [-0.39, 0.29) is 11.8 Å². The Morgan fingerprint density at radius 1 is 1.07 bits per heavy atom. The lowest BCUT2D eigenvalue weighted by Gasteiger charge is -2.35. The highest BCUT2D eigenvalue weighted by molar-refractivity contribution is 5.97. The van der Waals surface area contributed by atoms with Crippen LogP contribution in [0.25, 0.3) is 0 Å². The molecular weight excluding hydrogens is 348 g/mol. The van der Waals surface area contributed by atoms with Gasteiger partial charge in [-0.2, -0.15) is 0 Å². The summed E-state index contributed by atoms with van der Waals surface area (Å²) < 4.78 is 0. The average molecular weight is 370 g/mol. The van der Waals surface area contributed by atoms with E-state index in [9.17, 15) is 14.7 Å². The predicted molar refractivity (Wildman–Crippen MR) is 101 cm³/mol. The van der Waals surface area contributed by atoms with Crippen molar-refractivity contribution in [2.45, 2.75) is 13.0 Å². The van der Waals surface area contributed by atoms with Gasteiger partial charge in [-0.05, 0) is 25.1 Å². The first-order valence-electron chi connectivity index (χ1n) is 8.71. The number of benzene rings is 1. The molecule has 3 amide bonds. The molecule has 0 aliphatic carbocycles. The Balaban J connectivity index is 1.49. The van der Waals surface area contributed by atoms with Gasteiger partial charge < -0.3 is 25.5 Å². The Hall–Kier alpha value is -3.36. The highest BCUT2D eigenvalue weighted by Gasteiger charge is 2.25. The van der Waals surface area contributed by atoms with Gasteiger partial charge in [-0.3, -0.25) is 4.79 Å². The van der Waals surface area contributed by atoms with Crippen molar-refractivity contribution in [2.24, 2.45) is 0 Å². The topological polar surface area (TPSA) is 111 Å². The zero-order valence-corrected chi connectivity index (χ0v) is 15.0. The minimum absolute atomic E-state index is 0.0244. The van der Waals surface area contributed by atoms with Gasteiger partial charge in [-0.1, -0.05) is 12.1 Å². The number of phenols is 1. The summed E-state index contributed by atoms with van der Waals surface area (Å²) in [7, 11) is 0. The fourth-order valence-corrected chi connectivity index (χ4v) is 2.73. The standard InChI is InChI=1S/C18H22N6O3/c1-13(16(26)22-14-5-2-3-6-15(14)25)21-18(27)24-11-9-23(10-12-24)17-19-7-4-8-20-17/h2-8,13,25H,9-12H2,1H3,(H,21,27)(H,22,26)/t13-/m0/s1. The molecule has 1 aliphatic heterocycles. The third-order valence-corrected chi connectivity index (χ3v) is 4.30. The molecule has 3 rings (SSSR count). The third kappa shape index (κ3) is 4.63. The lowest BCUT2D eigenvalue weighted by molar-refractivity contribution is -0.117. The normalized spacial score (nSPS) is 15.1. The molecule has 0 spiro atoms. The van der Waals surface area contributed by atoms with Crippen LogP contribution in [-0.4, -0.2) is 64.1 Å². The second kappa shape index (κ2) is 8.35. The molecule has 2 aromatic rings. The van der Waals surface area contributed by atoms with Crippen molar-refractivity contribution in [3.63, 3.8) is 0 Å². The van der Waals surface area contributed by atoms with Crippen LogP contribution in [0.3, 0.4) is 0 Å². The van der Waals surface area contributed by atoms with Crippen molar-refractivity contribution >= 4 is 23.6 Å². The van der Waals surface area contributed by atoms with Gasteiger partial charge in [0.25, 0.3) is 0 Å². The quantitative estimate of drug-likeness (QED) is 0.694. The Morgan fingerprint density at radius 2 is 1.74 bits per heavy atom. The minimum Gasteiger partial charge on any atom is -0.506 e. The number of hydrogen-bond acceptors (Lipinski definition) is 6. The van der Waals surface area contributed by atoms with Crippen LogP contribution < -0.4 is 15.5 Å². The third-order valence-electron chi connectivity index (χ3n) is 4.30. The van der Waals surface area contributed by atoms with Crippen molar-refractivity contribution in [3.05, 3.63) is 42.7 Å². The van der Waals surface area contributed by atoms with E-state index >= 15 is 0 Å². The minimum atomic E-state index is -0.743. The number of aromatic nitrogens is 2. The number of piperazine rings is 1. The highest BCUT2D eigenvalue weighted by Crippen LogP contribution is 2.21. The molecular formula is C18H22N6O3. The number of nitrogens with zero attached hydrogens (tertiary/aromatic N) is 4. The van der Waals surface area contributed by atoms with Crippen LogP contribution in [0.2, 0.25) is 0 Å². The number of para-hydroxylation sites is 2. The molecule has 0 bridgehead atoms. The zero-order valence-electron chi connectivity index (χ0n) is 15.0. The van der Waals surface area contributed by atoms with E-state index in [2.05, 4.69) is 20.6 Å². The number of rotatable bonds is 4. The zero-order chi connectivity index (χ0) is 19.2. The van der Waals surface area contributed by atoms with Crippen LogP contribution in [0.15, 0.2) is 42.7 Å². The van der Waals surface area contributed by atoms with Gasteiger partial charge in [-0.15, -0.1) is 0 Å². The summed E-state index contributed by atoms with van der Waals surface area (Å²) in [6.45, 7) is 3.86. The molecule has 1 fully saturated rings. The average Bonchev–Trinajstić information content (AvgIpc) is 2.70. The van der Waals surface area contributed by atoms with E-state index in [4.69, 9.17) is 0 Å². The van der Waals surface area contributed by atoms with Crippen molar-refractivity contribution in [2.75, 3.05) is 36.4 Å². The van der Waals surface area contributed by atoms with Crippen molar-refractivity contribution < 1.29 is 14.7 Å². The molecule has 142 valence electrons. The Bertz CT molecular complexity index is 793. The molecule has 1 aliphatic rings. The maximum absolute atomic E-state index is 12.4. The Kier molecular flexibility index (Phi) is 5.70. The number of carbonyl (C=O) groups is 2. The van der Waals surface area contributed by atoms with Gasteiger partial charge in [0.15, 0.2) is 0 Å². The van der Waals surface area contributed by atoms with Gasteiger partial charge in [0.1, 0.15) is 11.8 Å². The van der Waals surface area contributed by atoms with E-state index in [0.717, 1.165) is 0 Å². The number of nitrogens with one attached hydrogen (secondary N) is 2. The van der Waals surface area contributed by atoms with Crippen LogP contribution in [-0.2, 0) is 4.79 Å². The van der Waals surface area contributed by atoms with Crippen LogP contribution >= 0.6 is 0 Å². The molecule has 1 aromatic heterocycles. The second-order valence-electron chi connectivity index (χ2n) is 6.20. The first-order valence-corrected chi connectivity index (χ1v) is 8.71. The fourth-order valence-electron chi connectivity index (χ4n) is 2.73. The molecule has 27 heavy (non-hydrogen) atoms. The van der Waals surface area contributed by atoms with Crippen LogP contribution in [0, 0.1) is 0 Å². The molecule has 0 radical (unpaired) electrons. The van der Waals surface area contributed by atoms with E-state index in [1.54, 1.807) is 48.5 Å². The lowest BCUT2D eigenvalue weighted by Crippen LogP contribution is -2.55. The summed E-state index contributed by atoms with van der Waals surface area (Å²) in [5, 5.41) is 15.0. The van der Waals surface area contributed by atoms with Crippen molar-refractivity contribution in [3.8, 4) is 5.75 Å². The molecule has 9 nitrogen and oxygen atoms in total. The highest BCUT2D eigenvalue weighted by atomic mass is 16.3. The van der Waals surface area contributed by atoms with Crippen molar-refractivity contribution in [1.82, 2.24) is 20.2 Å². The smallest absolute Gasteiger partial charge is 0.318 e. The fraction of sp³-hybridized carbons (Fsp3) is 0.333. The summed E-state index contributed by atoms with van der Waals surface area (Å²) in [5.74, 6) is 0.220. The summed E-state index contributed by atoms with van der Waals surface area (Å²) in [5.41, 5.74) is 0.306. The number of phenolic OH excluding ortho intramolecular Hbond substituents is 1. The Labute approximate surface area is 157 Å². The summed E-state index contributed by atoms with van der Waals surface area (Å²) in [4.78, 5) is 36.7. The SMILES string of the molecule is C[C@H](NC(=O)N1CCN(c2ncccn2)CC1)C(=O)Nc1ccccc1O. The number of hydrogen-bond donors (Lipinski definition) is 3. The summed E-state index contributed by atoms with van der Waals surface area (Å²) >= 11 is 0. The van der Waals surface area contributed by atoms with E-state index in [1.807, 2.05) is 4.90 Å². The van der Waals surface area contributed by atoms with Crippen LogP contribution in [0.4, 0.5) is 16.4 Å². The van der Waals surface area contributed by atoms with Gasteiger partial charge >= 0.3 is 6.03 Å². The maximum Gasteiger partial charge on any atom is 0.318 e. The molecule has 9 heteroatoms. The molecule has 1 aromatic carbocycles. The van der Waals surface area contributed by atoms with Crippen LogP contribution in [0.1, 0.15) is 6.92 Å². The van der Waals surface area contributed by atoms with E-state index in [1.165, 1.54) is 6.07 Å². The first kappa shape index (κ1) is 18.4. The lowest BCUT2D eigenvalue weighted by atomic mass is 10.2. The molecule has 2 heterocycles. The molecule has 1 atom stereocenters. The summed E-state index contributed by atoms with van der Waals surface area (Å²) in [6.07, 6.45) is 3.37. The van der Waals surface area contributed by atoms with E-state index < -0.39 is 11.9 Å². The van der Waals surface area contributed by atoms with Gasteiger partial charge in [0.2, 0.25) is 11.9 Å². The largest absolute Gasteiger partial charge is 0.506 e. The number of anilines is 2. The maximum atomic E-state index is 12.4. The van der Waals surface area contributed by atoms with Gasteiger partial charge in [0.05, 0.1) is 5.69 Å². The summed E-state index contributed by atoms with van der Waals surface area (Å²) in [6, 6.07) is 7.15.